The van der Waals surface area contributed by atoms with E-state index < -0.39 is 24.1 Å². The number of ether oxygens (including phenoxy) is 1. The number of fused-ring (bicyclic) bond motifs is 1. The average molecular weight is 347 g/mol. The van der Waals surface area contributed by atoms with Crippen molar-refractivity contribution in [1.82, 2.24) is 14.6 Å². The van der Waals surface area contributed by atoms with Gasteiger partial charge in [0.25, 0.3) is 5.82 Å². The van der Waals surface area contributed by atoms with Crippen LogP contribution in [0.15, 0.2) is 42.6 Å². The predicted octanol–water partition coefficient (Wildman–Crippen LogP) is 4.31. The first-order chi connectivity index (χ1) is 11.1. The monoisotopic (exact) mass is 347 g/mol. The van der Waals surface area contributed by atoms with Crippen LogP contribution in [-0.4, -0.2) is 21.0 Å². The number of rotatable bonds is 2. The number of alkyl halides is 6. The van der Waals surface area contributed by atoms with Gasteiger partial charge >= 0.3 is 12.5 Å². The predicted molar refractivity (Wildman–Crippen MR) is 70.1 cm³/mol. The van der Waals surface area contributed by atoms with E-state index in [0.717, 1.165) is 16.6 Å². The Hall–Kier alpha value is -2.78. The number of halogens is 6. The van der Waals surface area contributed by atoms with E-state index in [4.69, 9.17) is 0 Å². The molecular weight excluding hydrogens is 340 g/mol. The van der Waals surface area contributed by atoms with E-state index in [-0.39, 0.29) is 16.8 Å². The Labute approximate surface area is 130 Å². The molecule has 3 rings (SSSR count). The van der Waals surface area contributed by atoms with Gasteiger partial charge in [-0.05, 0) is 29.8 Å². The molecule has 0 saturated heterocycles. The minimum absolute atomic E-state index is 0.131. The van der Waals surface area contributed by atoms with Gasteiger partial charge < -0.3 is 4.74 Å². The molecular formula is C14H7F6N3O. The zero-order valence-electron chi connectivity index (χ0n) is 11.6. The van der Waals surface area contributed by atoms with Gasteiger partial charge in [0.1, 0.15) is 5.75 Å². The largest absolute Gasteiger partial charge is 0.573 e. The van der Waals surface area contributed by atoms with Crippen molar-refractivity contribution >= 4 is 5.65 Å². The first-order valence-electron chi connectivity index (χ1n) is 6.42. The van der Waals surface area contributed by atoms with Crippen LogP contribution in [0.25, 0.3) is 16.8 Å². The van der Waals surface area contributed by atoms with Crippen molar-refractivity contribution in [1.29, 1.82) is 0 Å². The summed E-state index contributed by atoms with van der Waals surface area (Å²) in [5, 5.41) is 3.32. The van der Waals surface area contributed by atoms with E-state index in [2.05, 4.69) is 14.8 Å². The van der Waals surface area contributed by atoms with E-state index in [1.165, 1.54) is 30.5 Å². The summed E-state index contributed by atoms with van der Waals surface area (Å²) in [6.45, 7) is 0. The fourth-order valence-electron chi connectivity index (χ4n) is 2.11. The van der Waals surface area contributed by atoms with Crippen molar-refractivity contribution < 1.29 is 31.1 Å². The number of hydrogen-bond acceptors (Lipinski definition) is 3. The molecule has 10 heteroatoms. The minimum Gasteiger partial charge on any atom is -0.406 e. The molecule has 4 nitrogen and oxygen atoms in total. The number of nitrogens with zero attached hydrogens (tertiary/aromatic N) is 3. The molecule has 0 unspecified atom stereocenters. The van der Waals surface area contributed by atoms with Crippen LogP contribution in [0.3, 0.4) is 0 Å². The topological polar surface area (TPSA) is 39.4 Å². The summed E-state index contributed by atoms with van der Waals surface area (Å²) in [7, 11) is 0. The number of benzene rings is 1. The molecule has 2 heterocycles. The van der Waals surface area contributed by atoms with Crippen LogP contribution in [-0.2, 0) is 6.18 Å². The summed E-state index contributed by atoms with van der Waals surface area (Å²) in [6, 6.07) is 7.71. The summed E-state index contributed by atoms with van der Waals surface area (Å²) >= 11 is 0. The van der Waals surface area contributed by atoms with Gasteiger partial charge in [-0.1, -0.05) is 12.1 Å². The van der Waals surface area contributed by atoms with Gasteiger partial charge in [0, 0.05) is 11.8 Å². The normalized spacial score (nSPS) is 12.6. The van der Waals surface area contributed by atoms with Crippen LogP contribution in [0.2, 0.25) is 0 Å². The molecule has 2 aromatic heterocycles. The summed E-state index contributed by atoms with van der Waals surface area (Å²) in [6.07, 6.45) is -8.34. The molecule has 0 amide bonds. The second-order valence-corrected chi connectivity index (χ2v) is 4.70. The van der Waals surface area contributed by atoms with Crippen molar-refractivity contribution in [2.75, 3.05) is 0 Å². The fraction of sp³-hybridized carbons (Fsp3) is 0.143. The first kappa shape index (κ1) is 16.1. The number of hydrogen-bond donors (Lipinski definition) is 0. The highest BCUT2D eigenvalue weighted by Crippen LogP contribution is 2.32. The average Bonchev–Trinajstić information content (AvgIpc) is 2.89. The van der Waals surface area contributed by atoms with Gasteiger partial charge in [-0.3, -0.25) is 0 Å². The molecule has 0 aliphatic carbocycles. The quantitative estimate of drug-likeness (QED) is 0.649. The van der Waals surface area contributed by atoms with Gasteiger partial charge in [-0.2, -0.15) is 13.2 Å². The van der Waals surface area contributed by atoms with Gasteiger partial charge in [0.15, 0.2) is 5.65 Å². The molecule has 0 N–H and O–H groups in total. The Balaban J connectivity index is 2.10. The molecule has 0 saturated carbocycles. The van der Waals surface area contributed by atoms with Crippen LogP contribution < -0.4 is 4.74 Å². The lowest BCUT2D eigenvalue weighted by molar-refractivity contribution is -0.274. The van der Waals surface area contributed by atoms with E-state index in [0.29, 0.717) is 0 Å². The Morgan fingerprint density at radius 2 is 1.71 bits per heavy atom. The van der Waals surface area contributed by atoms with Crippen molar-refractivity contribution in [3.05, 3.63) is 48.4 Å². The molecule has 0 radical (unpaired) electrons. The maximum Gasteiger partial charge on any atom is 0.573 e. The zero-order valence-corrected chi connectivity index (χ0v) is 11.6. The maximum atomic E-state index is 12.7. The second kappa shape index (κ2) is 5.39. The molecule has 126 valence electrons. The summed E-state index contributed by atoms with van der Waals surface area (Å²) in [5.74, 6) is -1.82. The fourth-order valence-corrected chi connectivity index (χ4v) is 2.11. The van der Waals surface area contributed by atoms with Crippen LogP contribution in [0.1, 0.15) is 5.82 Å². The lowest BCUT2D eigenvalue weighted by Gasteiger charge is -2.10. The third kappa shape index (κ3) is 3.26. The molecule has 0 spiro atoms. The highest BCUT2D eigenvalue weighted by molar-refractivity contribution is 5.77. The van der Waals surface area contributed by atoms with Crippen molar-refractivity contribution in [2.45, 2.75) is 12.5 Å². The van der Waals surface area contributed by atoms with E-state index in [1.807, 2.05) is 0 Å². The second-order valence-electron chi connectivity index (χ2n) is 4.70. The molecule has 0 bridgehead atoms. The molecule has 3 aromatic rings. The molecule has 1 aromatic carbocycles. The number of pyridine rings is 1. The summed E-state index contributed by atoms with van der Waals surface area (Å²) in [4.78, 5) is 3.43. The van der Waals surface area contributed by atoms with Crippen LogP contribution in [0.4, 0.5) is 26.3 Å². The number of aromatic nitrogens is 3. The molecule has 0 aliphatic heterocycles. The maximum absolute atomic E-state index is 12.7. The van der Waals surface area contributed by atoms with Gasteiger partial charge in [-0.25, -0.2) is 9.50 Å². The van der Waals surface area contributed by atoms with E-state index >= 15 is 0 Å². The summed E-state index contributed by atoms with van der Waals surface area (Å²) in [5.41, 5.74) is 0.269. The molecule has 0 atom stereocenters. The standard InChI is InChI=1S/C14H7F6N3O/c15-13(16,17)12-21-11-10(5-2-6-23(11)22-12)8-3-1-4-9(7-8)24-14(18,19)20/h1-7H. The van der Waals surface area contributed by atoms with Crippen LogP contribution in [0, 0.1) is 0 Å². The van der Waals surface area contributed by atoms with Crippen molar-refractivity contribution in [3.63, 3.8) is 0 Å². The SMILES string of the molecule is FC(F)(F)Oc1cccc(-c2cccn3nc(C(F)(F)F)nc23)c1. The van der Waals surface area contributed by atoms with Gasteiger partial charge in [0.2, 0.25) is 0 Å². The highest BCUT2D eigenvalue weighted by atomic mass is 19.4. The minimum atomic E-state index is -4.87. The highest BCUT2D eigenvalue weighted by Gasteiger charge is 2.36. The lowest BCUT2D eigenvalue weighted by atomic mass is 10.1. The Morgan fingerprint density at radius 1 is 0.958 bits per heavy atom. The third-order valence-corrected chi connectivity index (χ3v) is 2.99. The third-order valence-electron chi connectivity index (χ3n) is 2.99. The van der Waals surface area contributed by atoms with Crippen LogP contribution >= 0.6 is 0 Å². The smallest absolute Gasteiger partial charge is 0.406 e. The molecule has 0 fully saturated rings. The van der Waals surface area contributed by atoms with Crippen LogP contribution in [0.5, 0.6) is 5.75 Å². The van der Waals surface area contributed by atoms with Gasteiger partial charge in [0.05, 0.1) is 0 Å². The van der Waals surface area contributed by atoms with E-state index in [1.54, 1.807) is 0 Å². The van der Waals surface area contributed by atoms with E-state index in [9.17, 15) is 26.3 Å². The Bertz CT molecular complexity index is 884. The zero-order chi connectivity index (χ0) is 17.5. The van der Waals surface area contributed by atoms with Gasteiger partial charge in [-0.15, -0.1) is 18.3 Å². The van der Waals surface area contributed by atoms with Crippen molar-refractivity contribution in [2.24, 2.45) is 0 Å². The molecule has 0 aliphatic rings. The Kier molecular flexibility index (Phi) is 3.61. The first-order valence-corrected chi connectivity index (χ1v) is 6.42. The van der Waals surface area contributed by atoms with Crippen molar-refractivity contribution in [3.8, 4) is 16.9 Å². The lowest BCUT2D eigenvalue weighted by Crippen LogP contribution is -2.17. The Morgan fingerprint density at radius 3 is 2.38 bits per heavy atom. The molecule has 24 heavy (non-hydrogen) atoms. The summed E-state index contributed by atoms with van der Waals surface area (Å²) < 4.78 is 79.8.